The van der Waals surface area contributed by atoms with Gasteiger partial charge in [0, 0.05) is 16.7 Å². The highest BCUT2D eigenvalue weighted by molar-refractivity contribution is 9.10. The summed E-state index contributed by atoms with van der Waals surface area (Å²) in [6.07, 6.45) is 0.780. The van der Waals surface area contributed by atoms with Crippen LogP contribution in [0.1, 0.15) is 5.56 Å². The first kappa shape index (κ1) is 14.3. The summed E-state index contributed by atoms with van der Waals surface area (Å²) < 4.78 is 41.2. The maximum Gasteiger partial charge on any atom is 0.262 e. The zero-order valence-electron chi connectivity index (χ0n) is 10.9. The normalized spacial score (nSPS) is 13.6. The number of nitrogens with one attached hydrogen (secondary N) is 2. The van der Waals surface area contributed by atoms with Crippen molar-refractivity contribution >= 4 is 37.3 Å². The monoisotopic (exact) mass is 370 g/mol. The highest BCUT2D eigenvalue weighted by Crippen LogP contribution is 2.29. The molecule has 1 aliphatic heterocycles. The van der Waals surface area contributed by atoms with Gasteiger partial charge in [0.15, 0.2) is 0 Å². The summed E-state index contributed by atoms with van der Waals surface area (Å²) in [5.74, 6) is -0.629. The van der Waals surface area contributed by atoms with Crippen LogP contribution in [0.25, 0.3) is 0 Å². The van der Waals surface area contributed by atoms with Crippen LogP contribution in [0.15, 0.2) is 45.8 Å². The maximum absolute atomic E-state index is 13.7. The van der Waals surface area contributed by atoms with E-state index in [1.807, 2.05) is 0 Å². The minimum absolute atomic E-state index is 0.0869. The second-order valence-electron chi connectivity index (χ2n) is 4.70. The molecule has 1 heterocycles. The Labute approximate surface area is 130 Å². The molecule has 2 aromatic carbocycles. The Bertz CT molecular complexity index is 788. The first-order valence-electron chi connectivity index (χ1n) is 6.31. The molecule has 4 nitrogen and oxygen atoms in total. The van der Waals surface area contributed by atoms with E-state index in [0.717, 1.165) is 24.2 Å². The molecule has 1 aliphatic rings. The molecule has 2 N–H and O–H groups in total. The van der Waals surface area contributed by atoms with Crippen LogP contribution in [0.3, 0.4) is 0 Å². The van der Waals surface area contributed by atoms with Gasteiger partial charge in [0.05, 0.1) is 10.6 Å². The van der Waals surface area contributed by atoms with Crippen molar-refractivity contribution in [2.75, 3.05) is 16.6 Å². The van der Waals surface area contributed by atoms with Crippen molar-refractivity contribution < 1.29 is 12.8 Å². The Hall–Kier alpha value is -1.60. The van der Waals surface area contributed by atoms with Crippen molar-refractivity contribution in [3.8, 4) is 0 Å². The van der Waals surface area contributed by atoms with Crippen molar-refractivity contribution in [1.82, 2.24) is 0 Å². The Morgan fingerprint density at radius 1 is 1.24 bits per heavy atom. The zero-order chi connectivity index (χ0) is 15.0. The first-order chi connectivity index (χ1) is 9.97. The van der Waals surface area contributed by atoms with Crippen LogP contribution in [-0.2, 0) is 16.4 Å². The molecule has 0 amide bonds. The number of hydrogen-bond acceptors (Lipinski definition) is 3. The largest absolute Gasteiger partial charge is 0.384 e. The summed E-state index contributed by atoms with van der Waals surface area (Å²) in [6.45, 7) is 0.797. The van der Waals surface area contributed by atoms with E-state index in [2.05, 4.69) is 26.0 Å². The number of sulfonamides is 1. The van der Waals surface area contributed by atoms with Crippen LogP contribution in [0.2, 0.25) is 0 Å². The van der Waals surface area contributed by atoms with Gasteiger partial charge in [-0.1, -0.05) is 6.07 Å². The van der Waals surface area contributed by atoms with E-state index in [1.165, 1.54) is 18.2 Å². The molecule has 21 heavy (non-hydrogen) atoms. The molecule has 0 saturated heterocycles. The van der Waals surface area contributed by atoms with Gasteiger partial charge in [-0.2, -0.15) is 0 Å². The minimum Gasteiger partial charge on any atom is -0.384 e. The van der Waals surface area contributed by atoms with E-state index in [9.17, 15) is 12.8 Å². The topological polar surface area (TPSA) is 58.2 Å². The Kier molecular flexibility index (Phi) is 3.62. The van der Waals surface area contributed by atoms with Crippen LogP contribution >= 0.6 is 15.9 Å². The molecular weight excluding hydrogens is 359 g/mol. The molecule has 0 unspecified atom stereocenters. The highest BCUT2D eigenvalue weighted by atomic mass is 79.9. The third kappa shape index (κ3) is 2.75. The average Bonchev–Trinajstić information content (AvgIpc) is 2.90. The Morgan fingerprint density at radius 3 is 2.81 bits per heavy atom. The van der Waals surface area contributed by atoms with Crippen LogP contribution in [0.5, 0.6) is 0 Å². The van der Waals surface area contributed by atoms with Crippen molar-refractivity contribution in [2.45, 2.75) is 11.3 Å². The van der Waals surface area contributed by atoms with Gasteiger partial charge in [0.1, 0.15) is 5.82 Å². The van der Waals surface area contributed by atoms with E-state index >= 15 is 0 Å². The van der Waals surface area contributed by atoms with Crippen molar-refractivity contribution in [3.05, 3.63) is 52.3 Å². The van der Waals surface area contributed by atoms with E-state index in [-0.39, 0.29) is 10.6 Å². The lowest BCUT2D eigenvalue weighted by Gasteiger charge is -2.11. The fraction of sp³-hybridized carbons (Fsp3) is 0.143. The molecule has 0 atom stereocenters. The molecule has 2 aromatic rings. The van der Waals surface area contributed by atoms with Crippen LogP contribution < -0.4 is 10.0 Å². The number of halogens is 2. The second kappa shape index (κ2) is 5.31. The van der Waals surface area contributed by atoms with Gasteiger partial charge in [-0.25, -0.2) is 12.8 Å². The third-order valence-electron chi connectivity index (χ3n) is 3.30. The average molecular weight is 371 g/mol. The standard InChI is InChI=1S/C14H12BrFN2O2S/c15-11-2-1-3-12(16)14(11)18-21(19,20)10-4-5-13-9(8-10)6-7-17-13/h1-5,8,17-18H,6-7H2. The van der Waals surface area contributed by atoms with Crippen molar-refractivity contribution in [1.29, 1.82) is 0 Å². The Morgan fingerprint density at radius 2 is 2.05 bits per heavy atom. The lowest BCUT2D eigenvalue weighted by molar-refractivity contribution is 0.598. The first-order valence-corrected chi connectivity index (χ1v) is 8.58. The summed E-state index contributed by atoms with van der Waals surface area (Å²) in [5, 5.41) is 3.16. The number of hydrogen-bond donors (Lipinski definition) is 2. The van der Waals surface area contributed by atoms with Gasteiger partial charge >= 0.3 is 0 Å². The van der Waals surface area contributed by atoms with Gasteiger partial charge in [-0.3, -0.25) is 4.72 Å². The van der Waals surface area contributed by atoms with E-state index in [4.69, 9.17) is 0 Å². The molecule has 0 radical (unpaired) electrons. The summed E-state index contributed by atoms with van der Waals surface area (Å²) in [4.78, 5) is 0.125. The molecule has 0 fully saturated rings. The third-order valence-corrected chi connectivity index (χ3v) is 5.30. The molecule has 0 aliphatic carbocycles. The van der Waals surface area contributed by atoms with Gasteiger partial charge in [-0.05, 0) is 58.2 Å². The summed E-state index contributed by atoms with van der Waals surface area (Å²) in [6, 6.07) is 9.13. The molecule has 0 saturated carbocycles. The van der Waals surface area contributed by atoms with Crippen molar-refractivity contribution in [2.24, 2.45) is 0 Å². The van der Waals surface area contributed by atoms with E-state index < -0.39 is 15.8 Å². The minimum atomic E-state index is -3.83. The van der Waals surface area contributed by atoms with Gasteiger partial charge in [0.2, 0.25) is 0 Å². The zero-order valence-corrected chi connectivity index (χ0v) is 13.3. The number of rotatable bonds is 3. The highest BCUT2D eigenvalue weighted by Gasteiger charge is 2.20. The van der Waals surface area contributed by atoms with E-state index in [1.54, 1.807) is 18.2 Å². The summed E-state index contributed by atoms with van der Waals surface area (Å²) >= 11 is 3.15. The number of fused-ring (bicyclic) bond motifs is 1. The van der Waals surface area contributed by atoms with Crippen LogP contribution in [0.4, 0.5) is 15.8 Å². The van der Waals surface area contributed by atoms with E-state index in [0.29, 0.717) is 4.47 Å². The van der Waals surface area contributed by atoms with Crippen molar-refractivity contribution in [3.63, 3.8) is 0 Å². The fourth-order valence-electron chi connectivity index (χ4n) is 2.24. The van der Waals surface area contributed by atoms with Gasteiger partial charge in [0.25, 0.3) is 10.0 Å². The summed E-state index contributed by atoms with van der Waals surface area (Å²) in [5.41, 5.74) is 1.81. The maximum atomic E-state index is 13.7. The molecule has 110 valence electrons. The number of benzene rings is 2. The molecule has 3 rings (SSSR count). The molecule has 0 bridgehead atoms. The predicted octanol–water partition coefficient (Wildman–Crippen LogP) is 3.36. The summed E-state index contributed by atoms with van der Waals surface area (Å²) in [7, 11) is -3.83. The predicted molar refractivity (Wildman–Crippen MR) is 83.5 cm³/mol. The molecule has 0 aromatic heterocycles. The number of para-hydroxylation sites is 1. The van der Waals surface area contributed by atoms with Gasteiger partial charge in [-0.15, -0.1) is 0 Å². The fourth-order valence-corrected chi connectivity index (χ4v) is 3.95. The lowest BCUT2D eigenvalue weighted by atomic mass is 10.2. The quantitative estimate of drug-likeness (QED) is 0.870. The smallest absolute Gasteiger partial charge is 0.262 e. The molecule has 0 spiro atoms. The number of anilines is 2. The molecular formula is C14H12BrFN2O2S. The van der Waals surface area contributed by atoms with Crippen LogP contribution in [0, 0.1) is 5.82 Å². The Balaban J connectivity index is 1.98. The molecule has 7 heteroatoms. The SMILES string of the molecule is O=S(=O)(Nc1c(F)cccc1Br)c1ccc2c(c1)CCN2. The van der Waals surface area contributed by atoms with Crippen LogP contribution in [-0.4, -0.2) is 15.0 Å². The lowest BCUT2D eigenvalue weighted by Crippen LogP contribution is -2.14. The van der Waals surface area contributed by atoms with Gasteiger partial charge < -0.3 is 5.32 Å². The second-order valence-corrected chi connectivity index (χ2v) is 7.23.